The van der Waals surface area contributed by atoms with E-state index in [9.17, 15) is 13.2 Å². The summed E-state index contributed by atoms with van der Waals surface area (Å²) in [6.07, 6.45) is 3.02. The molecule has 1 aromatic carbocycles. The predicted molar refractivity (Wildman–Crippen MR) is 100.0 cm³/mol. The summed E-state index contributed by atoms with van der Waals surface area (Å²) in [5, 5.41) is 2.79. The Bertz CT molecular complexity index is 878. The molecule has 0 radical (unpaired) electrons. The minimum Gasteiger partial charge on any atom is -0.491 e. The molecule has 1 N–H and O–H groups in total. The van der Waals surface area contributed by atoms with Crippen molar-refractivity contribution >= 4 is 30.6 Å². The van der Waals surface area contributed by atoms with E-state index in [0.717, 1.165) is 0 Å². The van der Waals surface area contributed by atoms with E-state index in [4.69, 9.17) is 4.74 Å². The summed E-state index contributed by atoms with van der Waals surface area (Å²) in [7, 11) is 1.42. The van der Waals surface area contributed by atoms with Crippen molar-refractivity contribution in [2.24, 2.45) is 0 Å². The number of halogens is 5. The number of hydrogen-bond donors (Lipinski definition) is 1. The summed E-state index contributed by atoms with van der Waals surface area (Å²) in [5.74, 6) is -2.09. The molecule has 0 bridgehead atoms. The van der Waals surface area contributed by atoms with Crippen LogP contribution in [-0.4, -0.2) is 22.1 Å². The molecule has 0 saturated carbocycles. The first kappa shape index (κ1) is 22.5. The van der Waals surface area contributed by atoms with E-state index in [-0.39, 0.29) is 42.7 Å². The largest absolute Gasteiger partial charge is 0.491 e. The van der Waals surface area contributed by atoms with Gasteiger partial charge < -0.3 is 10.1 Å². The van der Waals surface area contributed by atoms with Crippen molar-refractivity contribution < 1.29 is 17.9 Å². The Hall–Kier alpha value is -2.58. The van der Waals surface area contributed by atoms with Crippen molar-refractivity contribution in [3.63, 3.8) is 0 Å². The van der Waals surface area contributed by atoms with Crippen LogP contribution >= 0.6 is 24.8 Å². The molecule has 0 aliphatic carbocycles. The van der Waals surface area contributed by atoms with Gasteiger partial charge in [-0.2, -0.15) is 0 Å². The van der Waals surface area contributed by atoms with Crippen molar-refractivity contribution in [1.82, 2.24) is 15.0 Å². The lowest BCUT2D eigenvalue weighted by Gasteiger charge is -2.12. The minimum absolute atomic E-state index is 0. The van der Waals surface area contributed by atoms with Gasteiger partial charge in [0.25, 0.3) is 0 Å². The molecule has 10 heteroatoms. The number of ether oxygens (including phenoxy) is 1. The number of nitrogens with zero attached hydrogens (tertiary/aromatic N) is 3. The molecule has 2 heterocycles. The number of aromatic nitrogens is 3. The van der Waals surface area contributed by atoms with Crippen molar-refractivity contribution in [2.45, 2.75) is 6.54 Å². The van der Waals surface area contributed by atoms with Gasteiger partial charge in [-0.1, -0.05) is 6.07 Å². The lowest BCUT2D eigenvalue weighted by atomic mass is 10.2. The molecule has 27 heavy (non-hydrogen) atoms. The van der Waals surface area contributed by atoms with Crippen LogP contribution in [0.25, 0.3) is 11.5 Å². The van der Waals surface area contributed by atoms with Crippen molar-refractivity contribution in [2.75, 3.05) is 12.4 Å². The van der Waals surface area contributed by atoms with Gasteiger partial charge in [0.2, 0.25) is 0 Å². The average molecular weight is 419 g/mol. The maximum atomic E-state index is 13.7. The SMILES string of the molecule is COc1cnc(-c2ccccn2)nc1NCc1c(F)cc(F)cc1F.Cl.Cl. The van der Waals surface area contributed by atoms with Crippen LogP contribution in [0, 0.1) is 17.5 Å². The topological polar surface area (TPSA) is 59.9 Å². The molecule has 3 rings (SSSR count). The van der Waals surface area contributed by atoms with E-state index >= 15 is 0 Å². The first-order valence-electron chi connectivity index (χ1n) is 7.28. The number of anilines is 1. The number of rotatable bonds is 5. The molecule has 0 unspecified atom stereocenters. The zero-order chi connectivity index (χ0) is 17.8. The molecule has 0 saturated heterocycles. The van der Waals surface area contributed by atoms with Crippen LogP contribution in [-0.2, 0) is 6.54 Å². The molecule has 0 aliphatic heterocycles. The van der Waals surface area contributed by atoms with Gasteiger partial charge in [0.15, 0.2) is 17.4 Å². The first-order valence-corrected chi connectivity index (χ1v) is 7.28. The van der Waals surface area contributed by atoms with Gasteiger partial charge in [-0.05, 0) is 12.1 Å². The summed E-state index contributed by atoms with van der Waals surface area (Å²) in [5.41, 5.74) is 0.230. The average Bonchev–Trinajstić information content (AvgIpc) is 2.61. The molecule has 2 aromatic heterocycles. The van der Waals surface area contributed by atoms with Crippen molar-refractivity contribution in [3.05, 3.63) is 65.7 Å². The smallest absolute Gasteiger partial charge is 0.180 e. The van der Waals surface area contributed by atoms with Crippen LogP contribution in [0.5, 0.6) is 5.75 Å². The van der Waals surface area contributed by atoms with Crippen LogP contribution in [0.2, 0.25) is 0 Å². The van der Waals surface area contributed by atoms with Gasteiger partial charge in [0, 0.05) is 30.4 Å². The highest BCUT2D eigenvalue weighted by atomic mass is 35.5. The summed E-state index contributed by atoms with van der Waals surface area (Å²) < 4.78 is 45.6. The fraction of sp³-hybridized carbons (Fsp3) is 0.118. The van der Waals surface area contributed by atoms with Crippen molar-refractivity contribution in [1.29, 1.82) is 0 Å². The van der Waals surface area contributed by atoms with Crippen LogP contribution < -0.4 is 10.1 Å². The van der Waals surface area contributed by atoms with Gasteiger partial charge in [0.05, 0.1) is 13.3 Å². The highest BCUT2D eigenvalue weighted by Gasteiger charge is 2.14. The number of benzene rings is 1. The van der Waals surface area contributed by atoms with Crippen LogP contribution in [0.4, 0.5) is 19.0 Å². The molecule has 5 nitrogen and oxygen atoms in total. The number of nitrogens with one attached hydrogen (secondary N) is 1. The Kier molecular flexibility index (Phi) is 8.27. The van der Waals surface area contributed by atoms with Gasteiger partial charge in [0.1, 0.15) is 23.1 Å². The summed E-state index contributed by atoms with van der Waals surface area (Å²) in [6.45, 7) is -0.243. The molecule has 3 aromatic rings. The molecular formula is C17H15Cl2F3N4O. The molecule has 0 amide bonds. The van der Waals surface area contributed by atoms with Crippen LogP contribution in [0.3, 0.4) is 0 Å². The molecule has 0 aliphatic rings. The Morgan fingerprint density at radius 1 is 1.04 bits per heavy atom. The number of methoxy groups -OCH3 is 1. The van der Waals surface area contributed by atoms with E-state index in [0.29, 0.717) is 29.4 Å². The minimum atomic E-state index is -0.983. The predicted octanol–water partition coefficient (Wildman–Crippen LogP) is 4.42. The fourth-order valence-electron chi connectivity index (χ4n) is 2.18. The third-order valence-corrected chi connectivity index (χ3v) is 3.41. The molecular weight excluding hydrogens is 404 g/mol. The summed E-state index contributed by atoms with van der Waals surface area (Å²) >= 11 is 0. The maximum Gasteiger partial charge on any atom is 0.180 e. The highest BCUT2D eigenvalue weighted by Crippen LogP contribution is 2.25. The normalized spacial score (nSPS) is 9.78. The molecule has 0 atom stereocenters. The van der Waals surface area contributed by atoms with Gasteiger partial charge >= 0.3 is 0 Å². The van der Waals surface area contributed by atoms with E-state index < -0.39 is 17.5 Å². The fourth-order valence-corrected chi connectivity index (χ4v) is 2.18. The zero-order valence-corrected chi connectivity index (χ0v) is 15.6. The third-order valence-electron chi connectivity index (χ3n) is 3.41. The second kappa shape index (κ2) is 9.94. The Morgan fingerprint density at radius 3 is 2.33 bits per heavy atom. The molecule has 0 fully saturated rings. The maximum absolute atomic E-state index is 13.7. The summed E-state index contributed by atoms with van der Waals surface area (Å²) in [4.78, 5) is 12.6. The van der Waals surface area contributed by atoms with Gasteiger partial charge in [-0.25, -0.2) is 23.1 Å². The quantitative estimate of drug-likeness (QED) is 0.664. The van der Waals surface area contributed by atoms with Crippen LogP contribution in [0.15, 0.2) is 42.7 Å². The Morgan fingerprint density at radius 2 is 1.74 bits per heavy atom. The van der Waals surface area contributed by atoms with E-state index in [2.05, 4.69) is 20.3 Å². The second-order valence-corrected chi connectivity index (χ2v) is 5.03. The monoisotopic (exact) mass is 418 g/mol. The second-order valence-electron chi connectivity index (χ2n) is 5.03. The van der Waals surface area contributed by atoms with Crippen LogP contribution in [0.1, 0.15) is 5.56 Å². The van der Waals surface area contributed by atoms with E-state index in [1.54, 1.807) is 24.4 Å². The van der Waals surface area contributed by atoms with E-state index in [1.165, 1.54) is 13.3 Å². The van der Waals surface area contributed by atoms with Crippen molar-refractivity contribution in [3.8, 4) is 17.3 Å². The number of hydrogen-bond acceptors (Lipinski definition) is 5. The zero-order valence-electron chi connectivity index (χ0n) is 13.9. The highest BCUT2D eigenvalue weighted by molar-refractivity contribution is 5.85. The molecule has 144 valence electrons. The lowest BCUT2D eigenvalue weighted by Crippen LogP contribution is -2.09. The summed E-state index contributed by atoms with van der Waals surface area (Å²) in [6, 6.07) is 6.51. The standard InChI is InChI=1S/C17H13F3N4O.2ClH/c1-25-15-9-23-16(14-4-2-3-5-21-14)24-17(15)22-8-11-12(19)6-10(18)7-13(11)20;;/h2-7,9H,8H2,1H3,(H,22,23,24);2*1H. The van der Waals surface area contributed by atoms with Gasteiger partial charge in [-0.3, -0.25) is 4.98 Å². The Labute approximate surface area is 165 Å². The first-order chi connectivity index (χ1) is 12.1. The van der Waals surface area contributed by atoms with E-state index in [1.807, 2.05) is 0 Å². The number of pyridine rings is 1. The lowest BCUT2D eigenvalue weighted by molar-refractivity contribution is 0.412. The Balaban J connectivity index is 0.00000182. The van der Waals surface area contributed by atoms with Gasteiger partial charge in [-0.15, -0.1) is 24.8 Å². The molecule has 0 spiro atoms. The third kappa shape index (κ3) is 5.21.